The molecule has 0 bridgehead atoms. The Hall–Kier alpha value is -3.62. The Morgan fingerprint density at radius 1 is 1.00 bits per heavy atom. The van der Waals surface area contributed by atoms with Gasteiger partial charge in [-0.25, -0.2) is 9.97 Å². The third-order valence-corrected chi connectivity index (χ3v) is 5.62. The van der Waals surface area contributed by atoms with Gasteiger partial charge in [0.25, 0.3) is 0 Å². The van der Waals surface area contributed by atoms with Gasteiger partial charge in [-0.2, -0.15) is 0 Å². The highest BCUT2D eigenvalue weighted by Crippen LogP contribution is 2.42. The van der Waals surface area contributed by atoms with Crippen LogP contribution in [0.2, 0.25) is 10.0 Å². The van der Waals surface area contributed by atoms with Crippen LogP contribution >= 0.6 is 23.2 Å². The molecule has 32 heavy (non-hydrogen) atoms. The molecular weight excluding hydrogens is 449 g/mol. The number of benzene rings is 2. The summed E-state index contributed by atoms with van der Waals surface area (Å²) in [7, 11) is 1.71. The Bertz CT molecular complexity index is 1420. The first-order valence-electron chi connectivity index (χ1n) is 9.72. The molecule has 8 nitrogen and oxygen atoms in total. The normalized spacial score (nSPS) is 11.1. The van der Waals surface area contributed by atoms with E-state index in [0.29, 0.717) is 50.4 Å². The number of halogens is 2. The average Bonchev–Trinajstić information content (AvgIpc) is 3.41. The number of aromatic nitrogens is 5. The van der Waals surface area contributed by atoms with Crippen LogP contribution in [0.4, 0.5) is 17.5 Å². The van der Waals surface area contributed by atoms with Crippen molar-refractivity contribution in [1.29, 1.82) is 0 Å². The molecule has 0 aliphatic heterocycles. The SMILES string of the molecule is CNc1nnc(-c2cccc(Cl)c2-c2nc3ncccn3c2Nc2c(C)cccc2Cl)o1. The van der Waals surface area contributed by atoms with E-state index in [9.17, 15) is 0 Å². The summed E-state index contributed by atoms with van der Waals surface area (Å²) in [5, 5.41) is 15.5. The van der Waals surface area contributed by atoms with E-state index >= 15 is 0 Å². The third kappa shape index (κ3) is 3.43. The highest BCUT2D eigenvalue weighted by molar-refractivity contribution is 6.34. The predicted molar refractivity (Wildman–Crippen MR) is 126 cm³/mol. The van der Waals surface area contributed by atoms with Crippen LogP contribution in [0.1, 0.15) is 5.56 Å². The maximum absolute atomic E-state index is 6.69. The van der Waals surface area contributed by atoms with Crippen LogP contribution in [0.5, 0.6) is 0 Å². The van der Waals surface area contributed by atoms with Crippen molar-refractivity contribution in [2.24, 2.45) is 0 Å². The van der Waals surface area contributed by atoms with E-state index < -0.39 is 0 Å². The zero-order valence-electron chi connectivity index (χ0n) is 17.1. The van der Waals surface area contributed by atoms with Gasteiger partial charge in [-0.3, -0.25) is 4.40 Å². The molecule has 0 fully saturated rings. The molecule has 5 rings (SSSR count). The lowest BCUT2D eigenvalue weighted by Gasteiger charge is -2.14. The monoisotopic (exact) mass is 465 g/mol. The summed E-state index contributed by atoms with van der Waals surface area (Å²) in [5.74, 6) is 1.48. The number of hydrogen-bond acceptors (Lipinski definition) is 7. The summed E-state index contributed by atoms with van der Waals surface area (Å²) in [6, 6.07) is 13.3. The van der Waals surface area contributed by atoms with Gasteiger partial charge in [0.15, 0.2) is 0 Å². The topological polar surface area (TPSA) is 93.2 Å². The molecule has 3 aromatic heterocycles. The van der Waals surface area contributed by atoms with Gasteiger partial charge in [-0.05, 0) is 36.8 Å². The molecular formula is C22H17Cl2N7O. The molecule has 10 heteroatoms. The van der Waals surface area contributed by atoms with Crippen molar-refractivity contribution in [3.8, 4) is 22.7 Å². The van der Waals surface area contributed by atoms with E-state index in [2.05, 4.69) is 25.8 Å². The number of aryl methyl sites for hydroxylation is 1. The second-order valence-electron chi connectivity index (χ2n) is 6.98. The number of para-hydroxylation sites is 1. The van der Waals surface area contributed by atoms with Crippen LogP contribution in [-0.2, 0) is 0 Å². The smallest absolute Gasteiger partial charge is 0.315 e. The third-order valence-electron chi connectivity index (χ3n) is 4.99. The molecule has 0 aliphatic carbocycles. The van der Waals surface area contributed by atoms with Crippen LogP contribution in [0, 0.1) is 6.92 Å². The summed E-state index contributed by atoms with van der Waals surface area (Å²) < 4.78 is 7.57. The second-order valence-corrected chi connectivity index (χ2v) is 7.79. The largest absolute Gasteiger partial charge is 0.403 e. The molecule has 0 saturated heterocycles. The molecule has 0 aliphatic rings. The molecule has 160 valence electrons. The molecule has 0 atom stereocenters. The van der Waals surface area contributed by atoms with Gasteiger partial charge in [-0.15, -0.1) is 5.10 Å². The Morgan fingerprint density at radius 3 is 2.59 bits per heavy atom. The number of fused-ring (bicyclic) bond motifs is 1. The van der Waals surface area contributed by atoms with Gasteiger partial charge in [0.05, 0.1) is 15.7 Å². The number of anilines is 3. The van der Waals surface area contributed by atoms with E-state index in [1.165, 1.54) is 0 Å². The van der Waals surface area contributed by atoms with Crippen LogP contribution < -0.4 is 10.6 Å². The van der Waals surface area contributed by atoms with Gasteiger partial charge in [0.1, 0.15) is 11.5 Å². The maximum Gasteiger partial charge on any atom is 0.315 e. The number of imidazole rings is 1. The summed E-state index contributed by atoms with van der Waals surface area (Å²) in [4.78, 5) is 9.17. The van der Waals surface area contributed by atoms with Crippen LogP contribution in [0.15, 0.2) is 59.3 Å². The lowest BCUT2D eigenvalue weighted by atomic mass is 10.0. The van der Waals surface area contributed by atoms with Crippen molar-refractivity contribution in [2.45, 2.75) is 6.92 Å². The molecule has 0 unspecified atom stereocenters. The highest BCUT2D eigenvalue weighted by Gasteiger charge is 2.24. The first-order chi connectivity index (χ1) is 15.6. The van der Waals surface area contributed by atoms with E-state index in [1.807, 2.05) is 53.9 Å². The minimum absolute atomic E-state index is 0.299. The van der Waals surface area contributed by atoms with E-state index in [1.54, 1.807) is 19.3 Å². The fourth-order valence-electron chi connectivity index (χ4n) is 3.47. The zero-order chi connectivity index (χ0) is 22.2. The predicted octanol–water partition coefficient (Wildman–Crippen LogP) is 5.85. The van der Waals surface area contributed by atoms with Gasteiger partial charge < -0.3 is 15.1 Å². The first-order valence-corrected chi connectivity index (χ1v) is 10.5. The zero-order valence-corrected chi connectivity index (χ0v) is 18.6. The lowest BCUT2D eigenvalue weighted by Crippen LogP contribution is -2.00. The van der Waals surface area contributed by atoms with Gasteiger partial charge in [0, 0.05) is 30.6 Å². The van der Waals surface area contributed by atoms with Crippen molar-refractivity contribution in [2.75, 3.05) is 17.7 Å². The van der Waals surface area contributed by atoms with Crippen molar-refractivity contribution < 1.29 is 4.42 Å². The molecule has 5 aromatic rings. The van der Waals surface area contributed by atoms with Crippen molar-refractivity contribution in [3.63, 3.8) is 0 Å². The highest BCUT2D eigenvalue weighted by atomic mass is 35.5. The standard InChI is InChI=1S/C22H17Cl2N7O/c1-12-6-3-9-15(24)17(12)27-19-18(28-21-26-10-5-11-31(19)21)16-13(7-4-8-14(16)23)20-29-30-22(25-2)32-20/h3-11,27H,1-2H3,(H,25,30). The molecule has 0 spiro atoms. The Labute approximate surface area is 193 Å². The van der Waals surface area contributed by atoms with Gasteiger partial charge in [-0.1, -0.05) is 46.5 Å². The van der Waals surface area contributed by atoms with Crippen molar-refractivity contribution in [3.05, 3.63) is 70.5 Å². The average molecular weight is 466 g/mol. The van der Waals surface area contributed by atoms with Crippen molar-refractivity contribution in [1.82, 2.24) is 24.6 Å². The number of nitrogens with one attached hydrogen (secondary N) is 2. The van der Waals surface area contributed by atoms with Gasteiger partial charge >= 0.3 is 6.01 Å². The quantitative estimate of drug-likeness (QED) is 0.336. The lowest BCUT2D eigenvalue weighted by molar-refractivity contribution is 0.585. The summed E-state index contributed by atoms with van der Waals surface area (Å²) >= 11 is 13.2. The van der Waals surface area contributed by atoms with Crippen LogP contribution in [-0.4, -0.2) is 31.6 Å². The molecule has 3 heterocycles. The second kappa shape index (κ2) is 8.14. The molecule has 2 N–H and O–H groups in total. The summed E-state index contributed by atoms with van der Waals surface area (Å²) in [6.07, 6.45) is 3.55. The van der Waals surface area contributed by atoms with Crippen LogP contribution in [0.3, 0.4) is 0 Å². The van der Waals surface area contributed by atoms with E-state index in [-0.39, 0.29) is 0 Å². The van der Waals surface area contributed by atoms with Gasteiger partial charge in [0.2, 0.25) is 11.7 Å². The minimum atomic E-state index is 0.299. The van der Waals surface area contributed by atoms with Crippen LogP contribution in [0.25, 0.3) is 28.5 Å². The summed E-state index contributed by atoms with van der Waals surface area (Å²) in [5.41, 5.74) is 3.61. The fraction of sp³-hybridized carbons (Fsp3) is 0.0909. The fourth-order valence-corrected chi connectivity index (χ4v) is 4.00. The first kappa shape index (κ1) is 20.3. The Morgan fingerprint density at radius 2 is 1.81 bits per heavy atom. The minimum Gasteiger partial charge on any atom is -0.403 e. The molecule has 2 aromatic carbocycles. The number of rotatable bonds is 5. The molecule has 0 amide bonds. The Kier molecular flexibility index (Phi) is 5.16. The molecule has 0 radical (unpaired) electrons. The Balaban J connectivity index is 1.77. The summed E-state index contributed by atoms with van der Waals surface area (Å²) in [6.45, 7) is 1.98. The number of nitrogens with zero attached hydrogens (tertiary/aromatic N) is 5. The maximum atomic E-state index is 6.69. The van der Waals surface area contributed by atoms with E-state index in [0.717, 1.165) is 11.3 Å². The number of hydrogen-bond donors (Lipinski definition) is 2. The molecule has 0 saturated carbocycles. The van der Waals surface area contributed by atoms with E-state index in [4.69, 9.17) is 32.6 Å². The van der Waals surface area contributed by atoms with Crippen molar-refractivity contribution >= 4 is 46.5 Å².